The lowest BCUT2D eigenvalue weighted by Gasteiger charge is -2.06. The van der Waals surface area contributed by atoms with Crippen molar-refractivity contribution in [1.29, 1.82) is 0 Å². The molecule has 1 rings (SSSR count). The number of rotatable bonds is 3. The molecule has 1 aromatic rings. The molecule has 0 aliphatic heterocycles. The Bertz CT molecular complexity index is 414. The van der Waals surface area contributed by atoms with Crippen LogP contribution < -0.4 is 10.6 Å². The van der Waals surface area contributed by atoms with Gasteiger partial charge in [-0.25, -0.2) is 0 Å². The predicted octanol–water partition coefficient (Wildman–Crippen LogP) is 1.12. The van der Waals surface area contributed by atoms with E-state index in [4.69, 9.17) is 0 Å². The summed E-state index contributed by atoms with van der Waals surface area (Å²) in [5, 5.41) is 13.8. The van der Waals surface area contributed by atoms with Gasteiger partial charge in [-0.1, -0.05) is 25.2 Å². The van der Waals surface area contributed by atoms with E-state index in [1.165, 1.54) is 11.3 Å². The SMILES string of the molecule is CC(C)NC(=O)C(=O)Nc1nnc(C(C)C)s1. The third kappa shape index (κ3) is 4.10. The summed E-state index contributed by atoms with van der Waals surface area (Å²) in [7, 11) is 0. The Morgan fingerprint density at radius 1 is 1.12 bits per heavy atom. The summed E-state index contributed by atoms with van der Waals surface area (Å²) in [6.45, 7) is 7.54. The normalized spacial score (nSPS) is 10.7. The number of hydrogen-bond donors (Lipinski definition) is 2. The van der Waals surface area contributed by atoms with Gasteiger partial charge in [-0.15, -0.1) is 10.2 Å². The molecule has 17 heavy (non-hydrogen) atoms. The average Bonchev–Trinajstić information content (AvgIpc) is 2.65. The van der Waals surface area contributed by atoms with Crippen molar-refractivity contribution in [3.05, 3.63) is 5.01 Å². The molecule has 0 aliphatic rings. The van der Waals surface area contributed by atoms with Crippen molar-refractivity contribution in [2.24, 2.45) is 0 Å². The van der Waals surface area contributed by atoms with Crippen LogP contribution in [0, 0.1) is 0 Å². The van der Waals surface area contributed by atoms with Crippen LogP contribution in [0.1, 0.15) is 38.6 Å². The molecule has 94 valence electrons. The highest BCUT2D eigenvalue weighted by Gasteiger charge is 2.17. The summed E-state index contributed by atoms with van der Waals surface area (Å²) >= 11 is 1.27. The number of aromatic nitrogens is 2. The van der Waals surface area contributed by atoms with Gasteiger partial charge in [-0.2, -0.15) is 0 Å². The minimum Gasteiger partial charge on any atom is -0.346 e. The lowest BCUT2D eigenvalue weighted by Crippen LogP contribution is -2.39. The summed E-state index contributed by atoms with van der Waals surface area (Å²) in [6.07, 6.45) is 0. The van der Waals surface area contributed by atoms with Crippen molar-refractivity contribution in [2.45, 2.75) is 39.7 Å². The van der Waals surface area contributed by atoms with Gasteiger partial charge in [-0.05, 0) is 13.8 Å². The predicted molar refractivity (Wildman–Crippen MR) is 65.9 cm³/mol. The number of nitrogens with zero attached hydrogens (tertiary/aromatic N) is 2. The van der Waals surface area contributed by atoms with E-state index in [1.54, 1.807) is 13.8 Å². The fourth-order valence-electron chi connectivity index (χ4n) is 1.00. The van der Waals surface area contributed by atoms with Gasteiger partial charge in [0.05, 0.1) is 0 Å². The number of carbonyl (C=O) groups is 2. The van der Waals surface area contributed by atoms with Crippen LogP contribution in [-0.2, 0) is 9.59 Å². The summed E-state index contributed by atoms with van der Waals surface area (Å²) in [5.74, 6) is -1.13. The van der Waals surface area contributed by atoms with Crippen molar-refractivity contribution in [3.63, 3.8) is 0 Å². The van der Waals surface area contributed by atoms with Crippen molar-refractivity contribution in [1.82, 2.24) is 15.5 Å². The zero-order valence-corrected chi connectivity index (χ0v) is 11.1. The Labute approximate surface area is 104 Å². The first-order valence-corrected chi connectivity index (χ1v) is 6.17. The van der Waals surface area contributed by atoms with Crippen LogP contribution in [0.4, 0.5) is 5.13 Å². The molecule has 0 bridgehead atoms. The molecular weight excluding hydrogens is 240 g/mol. The molecule has 2 N–H and O–H groups in total. The summed E-state index contributed by atoms with van der Waals surface area (Å²) in [4.78, 5) is 22.8. The zero-order valence-electron chi connectivity index (χ0n) is 10.3. The molecule has 6 nitrogen and oxygen atoms in total. The fourth-order valence-corrected chi connectivity index (χ4v) is 1.74. The van der Waals surface area contributed by atoms with Crippen LogP contribution >= 0.6 is 11.3 Å². The van der Waals surface area contributed by atoms with E-state index in [0.29, 0.717) is 5.13 Å². The van der Waals surface area contributed by atoms with E-state index < -0.39 is 11.8 Å². The van der Waals surface area contributed by atoms with Gasteiger partial charge >= 0.3 is 11.8 Å². The van der Waals surface area contributed by atoms with Gasteiger partial charge in [0.2, 0.25) is 5.13 Å². The Morgan fingerprint density at radius 3 is 2.24 bits per heavy atom. The molecule has 0 saturated carbocycles. The van der Waals surface area contributed by atoms with Crippen molar-refractivity contribution in [3.8, 4) is 0 Å². The molecule has 0 fully saturated rings. The minimum absolute atomic E-state index is 0.0751. The second-order valence-corrected chi connectivity index (χ2v) is 5.19. The quantitative estimate of drug-likeness (QED) is 0.794. The molecule has 0 unspecified atom stereocenters. The molecule has 0 aliphatic carbocycles. The number of amides is 2. The molecule has 0 saturated heterocycles. The average molecular weight is 256 g/mol. The fraction of sp³-hybridized carbons (Fsp3) is 0.600. The molecule has 1 heterocycles. The third-order valence-electron chi connectivity index (χ3n) is 1.78. The Hall–Kier alpha value is -1.50. The van der Waals surface area contributed by atoms with Crippen LogP contribution in [0.15, 0.2) is 0 Å². The second-order valence-electron chi connectivity index (χ2n) is 4.18. The highest BCUT2D eigenvalue weighted by Crippen LogP contribution is 2.22. The van der Waals surface area contributed by atoms with E-state index in [9.17, 15) is 9.59 Å². The zero-order chi connectivity index (χ0) is 13.0. The molecule has 0 spiro atoms. The monoisotopic (exact) mass is 256 g/mol. The largest absolute Gasteiger partial charge is 0.346 e. The number of anilines is 1. The molecule has 1 aromatic heterocycles. The maximum Gasteiger partial charge on any atom is 0.315 e. The number of carbonyl (C=O) groups excluding carboxylic acids is 2. The maximum absolute atomic E-state index is 11.4. The van der Waals surface area contributed by atoms with Crippen LogP contribution in [0.5, 0.6) is 0 Å². The van der Waals surface area contributed by atoms with Crippen molar-refractivity contribution < 1.29 is 9.59 Å². The second kappa shape index (κ2) is 5.72. The maximum atomic E-state index is 11.4. The topological polar surface area (TPSA) is 84.0 Å². The Kier molecular flexibility index (Phi) is 4.56. The van der Waals surface area contributed by atoms with Crippen molar-refractivity contribution in [2.75, 3.05) is 5.32 Å². The molecule has 0 aromatic carbocycles. The van der Waals surface area contributed by atoms with E-state index in [-0.39, 0.29) is 12.0 Å². The van der Waals surface area contributed by atoms with Gasteiger partial charge < -0.3 is 5.32 Å². The van der Waals surface area contributed by atoms with Gasteiger partial charge in [0.25, 0.3) is 0 Å². The van der Waals surface area contributed by atoms with Gasteiger partial charge in [0.1, 0.15) is 5.01 Å². The van der Waals surface area contributed by atoms with E-state index in [1.807, 2.05) is 13.8 Å². The molecular formula is C10H16N4O2S. The van der Waals surface area contributed by atoms with Crippen molar-refractivity contribution >= 4 is 28.3 Å². The van der Waals surface area contributed by atoms with Gasteiger partial charge in [-0.3, -0.25) is 14.9 Å². The summed E-state index contributed by atoms with van der Waals surface area (Å²) in [5.41, 5.74) is 0. The van der Waals surface area contributed by atoms with Crippen LogP contribution in [-0.4, -0.2) is 28.1 Å². The minimum atomic E-state index is -0.717. The summed E-state index contributed by atoms with van der Waals surface area (Å²) < 4.78 is 0. The first-order valence-electron chi connectivity index (χ1n) is 5.35. The summed E-state index contributed by atoms with van der Waals surface area (Å²) in [6, 6.07) is -0.0751. The molecule has 2 amide bonds. The lowest BCUT2D eigenvalue weighted by molar-refractivity contribution is -0.136. The molecule has 0 radical (unpaired) electrons. The van der Waals surface area contributed by atoms with Crippen LogP contribution in [0.2, 0.25) is 0 Å². The highest BCUT2D eigenvalue weighted by atomic mass is 32.1. The number of nitrogens with one attached hydrogen (secondary N) is 2. The van der Waals surface area contributed by atoms with Crippen LogP contribution in [0.25, 0.3) is 0 Å². The third-order valence-corrected chi connectivity index (χ3v) is 2.92. The molecule has 7 heteroatoms. The van der Waals surface area contributed by atoms with Crippen LogP contribution in [0.3, 0.4) is 0 Å². The lowest BCUT2D eigenvalue weighted by atomic mass is 10.2. The number of hydrogen-bond acceptors (Lipinski definition) is 5. The van der Waals surface area contributed by atoms with Gasteiger partial charge in [0.15, 0.2) is 0 Å². The van der Waals surface area contributed by atoms with E-state index >= 15 is 0 Å². The Balaban J connectivity index is 2.58. The standard InChI is InChI=1S/C10H16N4O2S/c1-5(2)9-13-14-10(17-9)12-8(16)7(15)11-6(3)4/h5-6H,1-4H3,(H,11,15)(H,12,14,16). The highest BCUT2D eigenvalue weighted by molar-refractivity contribution is 7.15. The van der Waals surface area contributed by atoms with E-state index in [2.05, 4.69) is 20.8 Å². The van der Waals surface area contributed by atoms with E-state index in [0.717, 1.165) is 5.01 Å². The Morgan fingerprint density at radius 2 is 1.76 bits per heavy atom. The first-order chi connectivity index (χ1) is 7.90. The first kappa shape index (κ1) is 13.6. The molecule has 0 atom stereocenters. The smallest absolute Gasteiger partial charge is 0.315 e. The van der Waals surface area contributed by atoms with Gasteiger partial charge in [0, 0.05) is 12.0 Å².